The van der Waals surface area contributed by atoms with Gasteiger partial charge in [0, 0.05) is 18.6 Å². The van der Waals surface area contributed by atoms with E-state index in [2.05, 4.69) is 12.2 Å². The van der Waals surface area contributed by atoms with E-state index in [1.165, 1.54) is 0 Å². The molecule has 0 saturated carbocycles. The summed E-state index contributed by atoms with van der Waals surface area (Å²) in [5.41, 5.74) is 1.11. The molecule has 3 nitrogen and oxygen atoms in total. The molecule has 3 atom stereocenters. The molecule has 4 heteroatoms. The number of hydrogen-bond donors (Lipinski definition) is 1. The third-order valence-electron chi connectivity index (χ3n) is 4.12. The fourth-order valence-corrected chi connectivity index (χ4v) is 2.68. The smallest absolute Gasteiger partial charge is 0.227 e. The van der Waals surface area contributed by atoms with Crippen molar-refractivity contribution in [1.82, 2.24) is 10.2 Å². The van der Waals surface area contributed by atoms with E-state index in [4.69, 9.17) is 11.6 Å². The molecular formula is C15H21ClN2O. The number of nitrogens with one attached hydrogen (secondary N) is 1. The number of halogens is 1. The van der Waals surface area contributed by atoms with Crippen molar-refractivity contribution in [2.24, 2.45) is 11.8 Å². The largest absolute Gasteiger partial charge is 0.339 e. The summed E-state index contributed by atoms with van der Waals surface area (Å²) >= 11 is 5.89. The van der Waals surface area contributed by atoms with Gasteiger partial charge in [-0.1, -0.05) is 30.7 Å². The fourth-order valence-electron chi connectivity index (χ4n) is 2.56. The van der Waals surface area contributed by atoms with Crippen LogP contribution in [0.15, 0.2) is 24.3 Å². The van der Waals surface area contributed by atoms with Crippen LogP contribution in [0.2, 0.25) is 5.02 Å². The highest BCUT2D eigenvalue weighted by Gasteiger charge is 2.33. The molecular weight excluding hydrogens is 260 g/mol. The van der Waals surface area contributed by atoms with Crippen molar-refractivity contribution in [2.45, 2.75) is 19.9 Å². The van der Waals surface area contributed by atoms with Crippen molar-refractivity contribution in [3.63, 3.8) is 0 Å². The molecule has 1 N–H and O–H groups in total. The Hall–Kier alpha value is -1.06. The second-order valence-electron chi connectivity index (χ2n) is 5.42. The zero-order valence-electron chi connectivity index (χ0n) is 11.7. The van der Waals surface area contributed by atoms with Crippen molar-refractivity contribution < 1.29 is 4.79 Å². The van der Waals surface area contributed by atoms with Crippen LogP contribution in [0.25, 0.3) is 0 Å². The molecule has 1 unspecified atom stereocenters. The molecule has 0 bridgehead atoms. The van der Waals surface area contributed by atoms with Gasteiger partial charge < -0.3 is 10.2 Å². The summed E-state index contributed by atoms with van der Waals surface area (Å²) < 4.78 is 0. The quantitative estimate of drug-likeness (QED) is 0.923. The number of rotatable bonds is 3. The Bertz CT molecular complexity index is 446. The maximum absolute atomic E-state index is 12.5. The zero-order valence-corrected chi connectivity index (χ0v) is 12.4. The van der Waals surface area contributed by atoms with E-state index >= 15 is 0 Å². The van der Waals surface area contributed by atoms with Crippen molar-refractivity contribution >= 4 is 17.5 Å². The van der Waals surface area contributed by atoms with Gasteiger partial charge in [0.05, 0.1) is 12.0 Å². The molecule has 1 aromatic rings. The van der Waals surface area contributed by atoms with Gasteiger partial charge >= 0.3 is 0 Å². The first-order valence-corrected chi connectivity index (χ1v) is 7.11. The number of carbonyl (C=O) groups excluding carboxylic acids is 1. The van der Waals surface area contributed by atoms with Gasteiger partial charge in [-0.15, -0.1) is 0 Å². The molecule has 0 spiro atoms. The van der Waals surface area contributed by atoms with Gasteiger partial charge in [-0.25, -0.2) is 0 Å². The molecule has 1 fully saturated rings. The molecule has 1 aromatic carbocycles. The monoisotopic (exact) mass is 280 g/mol. The Balaban J connectivity index is 2.08. The average Bonchev–Trinajstić information content (AvgIpc) is 2.83. The molecule has 1 aliphatic heterocycles. The van der Waals surface area contributed by atoms with E-state index in [1.807, 2.05) is 43.1 Å². The lowest BCUT2D eigenvalue weighted by Gasteiger charge is -2.29. The van der Waals surface area contributed by atoms with Gasteiger partial charge in [-0.05, 0) is 37.1 Å². The maximum Gasteiger partial charge on any atom is 0.227 e. The predicted molar refractivity (Wildman–Crippen MR) is 78.2 cm³/mol. The van der Waals surface area contributed by atoms with Crippen LogP contribution in [0.1, 0.15) is 25.5 Å². The van der Waals surface area contributed by atoms with Crippen LogP contribution < -0.4 is 5.32 Å². The SMILES string of the molecule is CC(c1ccc(Cl)cc1)N(C)C(=O)[C@@H]1CNC[C@H]1C. The van der Waals surface area contributed by atoms with E-state index in [9.17, 15) is 4.79 Å². The van der Waals surface area contributed by atoms with Crippen molar-refractivity contribution in [1.29, 1.82) is 0 Å². The van der Waals surface area contributed by atoms with Gasteiger partial charge in [-0.2, -0.15) is 0 Å². The number of carbonyl (C=O) groups is 1. The third kappa shape index (κ3) is 3.10. The highest BCUT2D eigenvalue weighted by Crippen LogP contribution is 2.25. The minimum Gasteiger partial charge on any atom is -0.339 e. The van der Waals surface area contributed by atoms with Crippen LogP contribution in [0, 0.1) is 11.8 Å². The minimum atomic E-state index is 0.0672. The van der Waals surface area contributed by atoms with Crippen LogP contribution in [0.4, 0.5) is 0 Å². The molecule has 1 saturated heterocycles. The van der Waals surface area contributed by atoms with E-state index < -0.39 is 0 Å². The van der Waals surface area contributed by atoms with Gasteiger partial charge in [0.15, 0.2) is 0 Å². The second kappa shape index (κ2) is 5.93. The van der Waals surface area contributed by atoms with Gasteiger partial charge in [0.2, 0.25) is 5.91 Å². The third-order valence-corrected chi connectivity index (χ3v) is 4.37. The first kappa shape index (κ1) is 14.4. The number of hydrogen-bond acceptors (Lipinski definition) is 2. The lowest BCUT2D eigenvalue weighted by Crippen LogP contribution is -2.37. The highest BCUT2D eigenvalue weighted by molar-refractivity contribution is 6.30. The second-order valence-corrected chi connectivity index (χ2v) is 5.86. The summed E-state index contributed by atoms with van der Waals surface area (Å²) in [7, 11) is 1.88. The van der Waals surface area contributed by atoms with E-state index in [0.29, 0.717) is 5.92 Å². The Morgan fingerprint density at radius 3 is 2.53 bits per heavy atom. The van der Waals surface area contributed by atoms with E-state index in [0.717, 1.165) is 23.7 Å². The van der Waals surface area contributed by atoms with Crippen molar-refractivity contribution in [3.8, 4) is 0 Å². The average molecular weight is 281 g/mol. The predicted octanol–water partition coefficient (Wildman–Crippen LogP) is 2.71. The Morgan fingerprint density at radius 1 is 1.37 bits per heavy atom. The molecule has 104 valence electrons. The van der Waals surface area contributed by atoms with E-state index in [-0.39, 0.29) is 17.9 Å². The minimum absolute atomic E-state index is 0.0672. The normalized spacial score (nSPS) is 24.2. The maximum atomic E-state index is 12.5. The molecule has 1 aliphatic rings. The zero-order chi connectivity index (χ0) is 14.0. The summed E-state index contributed by atoms with van der Waals surface area (Å²) in [4.78, 5) is 14.3. The molecule has 0 aromatic heterocycles. The molecule has 0 aliphatic carbocycles. The molecule has 19 heavy (non-hydrogen) atoms. The van der Waals surface area contributed by atoms with Crippen molar-refractivity contribution in [3.05, 3.63) is 34.9 Å². The van der Waals surface area contributed by atoms with Crippen molar-refractivity contribution in [2.75, 3.05) is 20.1 Å². The standard InChI is InChI=1S/C15H21ClN2O/c1-10-8-17-9-14(10)15(19)18(3)11(2)12-4-6-13(16)7-5-12/h4-7,10-11,14,17H,8-9H2,1-3H3/t10-,11?,14-/m1/s1. The van der Waals surface area contributed by atoms with Crippen LogP contribution in [0.5, 0.6) is 0 Å². The Labute approximate surface area is 119 Å². The number of nitrogens with zero attached hydrogens (tertiary/aromatic N) is 1. The van der Waals surface area contributed by atoms with Gasteiger partial charge in [-0.3, -0.25) is 4.79 Å². The molecule has 2 rings (SSSR count). The molecule has 1 amide bonds. The summed E-state index contributed by atoms with van der Waals surface area (Å²) in [6.07, 6.45) is 0. The fraction of sp³-hybridized carbons (Fsp3) is 0.533. The van der Waals surface area contributed by atoms with Crippen LogP contribution in [-0.4, -0.2) is 30.9 Å². The van der Waals surface area contributed by atoms with Crippen LogP contribution in [-0.2, 0) is 4.79 Å². The number of benzene rings is 1. The first-order valence-electron chi connectivity index (χ1n) is 6.73. The topological polar surface area (TPSA) is 32.3 Å². The lowest BCUT2D eigenvalue weighted by molar-refractivity contribution is -0.136. The van der Waals surface area contributed by atoms with Gasteiger partial charge in [0.1, 0.15) is 0 Å². The number of amides is 1. The summed E-state index contributed by atoms with van der Waals surface area (Å²) in [6.45, 7) is 5.90. The first-order chi connectivity index (χ1) is 9.00. The lowest BCUT2D eigenvalue weighted by atomic mass is 9.95. The molecule has 0 radical (unpaired) electrons. The van der Waals surface area contributed by atoms with Gasteiger partial charge in [0.25, 0.3) is 0 Å². The Morgan fingerprint density at radius 2 is 2.00 bits per heavy atom. The van der Waals surface area contributed by atoms with E-state index in [1.54, 1.807) is 0 Å². The summed E-state index contributed by atoms with van der Waals surface area (Å²) in [5.74, 6) is 0.729. The highest BCUT2D eigenvalue weighted by atomic mass is 35.5. The summed E-state index contributed by atoms with van der Waals surface area (Å²) in [6, 6.07) is 7.76. The Kier molecular flexibility index (Phi) is 4.48. The molecule has 1 heterocycles. The van der Waals surface area contributed by atoms with Crippen LogP contribution >= 0.6 is 11.6 Å². The van der Waals surface area contributed by atoms with Crippen LogP contribution in [0.3, 0.4) is 0 Å². The summed E-state index contributed by atoms with van der Waals surface area (Å²) in [5, 5.41) is 4.00.